The normalized spacial score (nSPS) is 15.1. The number of aromatic nitrogens is 3. The summed E-state index contributed by atoms with van der Waals surface area (Å²) in [6.45, 7) is 6.14. The zero-order valence-electron chi connectivity index (χ0n) is 18.5. The molecule has 0 spiro atoms. The monoisotopic (exact) mass is 438 g/mol. The molecule has 0 radical (unpaired) electrons. The highest BCUT2D eigenvalue weighted by molar-refractivity contribution is 6.08. The average molecular weight is 438 g/mol. The molecule has 5 aromatic rings. The van der Waals surface area contributed by atoms with Gasteiger partial charge in [0.25, 0.3) is 0 Å². The van der Waals surface area contributed by atoms with Gasteiger partial charge >= 0.3 is 6.03 Å². The third kappa shape index (κ3) is 3.08. The van der Waals surface area contributed by atoms with Gasteiger partial charge in [0, 0.05) is 27.6 Å². The number of pyridine rings is 1. The van der Waals surface area contributed by atoms with E-state index in [2.05, 4.69) is 10.4 Å². The molecular weight excluding hydrogens is 416 g/mol. The SMILES string of the molecule is Cc1cc(-c2ccc3c(c2)OC[C@H]3NC(=O)n2nc(C)c3c(C)nc4ccccc4c32)co1. The lowest BCUT2D eigenvalue weighted by Crippen LogP contribution is -2.33. The van der Waals surface area contributed by atoms with Crippen LogP contribution < -0.4 is 10.1 Å². The number of hydrogen-bond donors (Lipinski definition) is 1. The van der Waals surface area contributed by atoms with Gasteiger partial charge < -0.3 is 14.5 Å². The summed E-state index contributed by atoms with van der Waals surface area (Å²) >= 11 is 0. The van der Waals surface area contributed by atoms with Crippen LogP contribution in [0.3, 0.4) is 0 Å². The first-order chi connectivity index (χ1) is 16.0. The maximum Gasteiger partial charge on any atom is 0.343 e. The van der Waals surface area contributed by atoms with Crippen molar-refractivity contribution in [1.82, 2.24) is 20.1 Å². The minimum Gasteiger partial charge on any atom is -0.491 e. The molecule has 0 unspecified atom stereocenters. The lowest BCUT2D eigenvalue weighted by Gasteiger charge is -2.13. The second-order valence-electron chi connectivity index (χ2n) is 8.45. The van der Waals surface area contributed by atoms with Crippen LogP contribution in [-0.4, -0.2) is 27.4 Å². The Morgan fingerprint density at radius 3 is 2.73 bits per heavy atom. The highest BCUT2D eigenvalue weighted by Gasteiger charge is 2.28. The maximum atomic E-state index is 13.4. The number of nitrogens with one attached hydrogen (secondary N) is 1. The van der Waals surface area contributed by atoms with Crippen molar-refractivity contribution in [3.63, 3.8) is 0 Å². The Hall–Kier alpha value is -4.13. The van der Waals surface area contributed by atoms with E-state index in [1.807, 2.05) is 69.3 Å². The number of ether oxygens (including phenoxy) is 1. The molecule has 0 saturated carbocycles. The van der Waals surface area contributed by atoms with Gasteiger partial charge in [-0.3, -0.25) is 4.98 Å². The Morgan fingerprint density at radius 2 is 1.91 bits per heavy atom. The number of furan rings is 1. The molecule has 3 aromatic heterocycles. The van der Waals surface area contributed by atoms with Gasteiger partial charge in [-0.05, 0) is 44.5 Å². The molecule has 0 bridgehead atoms. The van der Waals surface area contributed by atoms with E-state index in [0.717, 1.165) is 61.4 Å². The van der Waals surface area contributed by atoms with Gasteiger partial charge in [0.1, 0.15) is 18.1 Å². The van der Waals surface area contributed by atoms with Crippen LogP contribution in [0.5, 0.6) is 5.75 Å². The van der Waals surface area contributed by atoms with Crippen LogP contribution in [0, 0.1) is 20.8 Å². The molecule has 0 fully saturated rings. The number of hydrogen-bond acceptors (Lipinski definition) is 5. The van der Waals surface area contributed by atoms with Gasteiger partial charge in [-0.1, -0.05) is 30.3 Å². The van der Waals surface area contributed by atoms with Crippen molar-refractivity contribution in [2.45, 2.75) is 26.8 Å². The Balaban J connectivity index is 1.35. The van der Waals surface area contributed by atoms with Gasteiger partial charge in [0.15, 0.2) is 0 Å². The fraction of sp³-hybridized carbons (Fsp3) is 0.192. The molecule has 2 aromatic carbocycles. The summed E-state index contributed by atoms with van der Waals surface area (Å²) in [6.07, 6.45) is 1.73. The van der Waals surface area contributed by atoms with E-state index in [9.17, 15) is 4.79 Å². The first kappa shape index (κ1) is 19.5. The predicted molar refractivity (Wildman–Crippen MR) is 126 cm³/mol. The molecule has 4 heterocycles. The molecule has 7 heteroatoms. The summed E-state index contributed by atoms with van der Waals surface area (Å²) in [7, 11) is 0. The van der Waals surface area contributed by atoms with Crippen molar-refractivity contribution in [3.8, 4) is 16.9 Å². The van der Waals surface area contributed by atoms with Crippen molar-refractivity contribution in [2.24, 2.45) is 0 Å². The van der Waals surface area contributed by atoms with Gasteiger partial charge in [0.2, 0.25) is 0 Å². The third-order valence-electron chi connectivity index (χ3n) is 6.22. The Kier molecular flexibility index (Phi) is 4.26. The summed E-state index contributed by atoms with van der Waals surface area (Å²) in [4.78, 5) is 18.1. The Bertz CT molecular complexity index is 1560. The standard InChI is InChI=1S/C26H22N4O3/c1-14-10-18(12-32-14)17-8-9-19-22(13-33-23(19)11-17)28-26(31)30-25-20-6-4-5-7-21(20)27-15(2)24(25)16(3)29-30/h4-12,22H,13H2,1-3H3,(H,28,31)/t22-/m1/s1. The Morgan fingerprint density at radius 1 is 1.06 bits per heavy atom. The number of benzene rings is 2. The van der Waals surface area contributed by atoms with Gasteiger partial charge in [-0.15, -0.1) is 0 Å². The molecule has 6 rings (SSSR count). The van der Waals surface area contributed by atoms with E-state index in [1.165, 1.54) is 4.68 Å². The van der Waals surface area contributed by atoms with Crippen LogP contribution in [0.2, 0.25) is 0 Å². The average Bonchev–Trinajstić information content (AvgIpc) is 3.51. The molecule has 164 valence electrons. The van der Waals surface area contributed by atoms with Crippen LogP contribution in [-0.2, 0) is 0 Å². The zero-order chi connectivity index (χ0) is 22.7. The lowest BCUT2D eigenvalue weighted by molar-refractivity contribution is 0.231. The highest BCUT2D eigenvalue weighted by Crippen LogP contribution is 2.37. The number of rotatable bonds is 2. The quantitative estimate of drug-likeness (QED) is 0.396. The molecule has 33 heavy (non-hydrogen) atoms. The van der Waals surface area contributed by atoms with Crippen LogP contribution in [0.1, 0.15) is 28.8 Å². The fourth-order valence-electron chi connectivity index (χ4n) is 4.68. The van der Waals surface area contributed by atoms with Crippen molar-refractivity contribution in [1.29, 1.82) is 0 Å². The van der Waals surface area contributed by atoms with E-state index in [4.69, 9.17) is 14.1 Å². The molecule has 1 amide bonds. The van der Waals surface area contributed by atoms with Gasteiger partial charge in [-0.2, -0.15) is 9.78 Å². The molecule has 1 atom stereocenters. The van der Waals surface area contributed by atoms with Crippen LogP contribution in [0.4, 0.5) is 4.79 Å². The molecule has 0 aliphatic carbocycles. The topological polar surface area (TPSA) is 82.2 Å². The van der Waals surface area contributed by atoms with E-state index in [0.29, 0.717) is 6.61 Å². The highest BCUT2D eigenvalue weighted by atomic mass is 16.5. The van der Waals surface area contributed by atoms with E-state index in [-0.39, 0.29) is 12.1 Å². The molecule has 1 aliphatic heterocycles. The van der Waals surface area contributed by atoms with Crippen molar-refractivity contribution >= 4 is 27.8 Å². The van der Waals surface area contributed by atoms with Crippen LogP contribution >= 0.6 is 0 Å². The third-order valence-corrected chi connectivity index (χ3v) is 6.22. The molecule has 1 N–H and O–H groups in total. The number of amides is 1. The fourth-order valence-corrected chi connectivity index (χ4v) is 4.68. The number of para-hydroxylation sites is 1. The summed E-state index contributed by atoms with van der Waals surface area (Å²) in [5.41, 5.74) is 6.21. The summed E-state index contributed by atoms with van der Waals surface area (Å²) in [5, 5.41) is 9.48. The molecular formula is C26H22N4O3. The lowest BCUT2D eigenvalue weighted by atomic mass is 10.0. The van der Waals surface area contributed by atoms with Crippen molar-refractivity contribution in [3.05, 3.63) is 77.5 Å². The largest absolute Gasteiger partial charge is 0.491 e. The number of nitrogens with zero attached hydrogens (tertiary/aromatic N) is 3. The zero-order valence-corrected chi connectivity index (χ0v) is 18.5. The minimum atomic E-state index is -0.292. The number of aryl methyl sites for hydroxylation is 3. The first-order valence-corrected chi connectivity index (χ1v) is 10.9. The predicted octanol–water partition coefficient (Wildman–Crippen LogP) is 5.46. The van der Waals surface area contributed by atoms with Gasteiger partial charge in [-0.25, -0.2) is 4.79 Å². The number of carbonyl (C=O) groups is 1. The first-order valence-electron chi connectivity index (χ1n) is 10.9. The molecule has 7 nitrogen and oxygen atoms in total. The van der Waals surface area contributed by atoms with E-state index in [1.54, 1.807) is 6.26 Å². The second kappa shape index (κ2) is 7.20. The van der Waals surface area contributed by atoms with Crippen molar-refractivity contribution < 1.29 is 13.9 Å². The number of fused-ring (bicyclic) bond motifs is 4. The van der Waals surface area contributed by atoms with E-state index < -0.39 is 0 Å². The van der Waals surface area contributed by atoms with Crippen LogP contribution in [0.25, 0.3) is 32.9 Å². The minimum absolute atomic E-state index is 0.263. The van der Waals surface area contributed by atoms with Gasteiger partial charge in [0.05, 0.1) is 29.0 Å². The molecule has 1 aliphatic rings. The Labute approximate surface area is 190 Å². The second-order valence-corrected chi connectivity index (χ2v) is 8.45. The number of carbonyl (C=O) groups excluding carboxylic acids is 1. The maximum absolute atomic E-state index is 13.4. The summed E-state index contributed by atoms with van der Waals surface area (Å²) < 4.78 is 12.8. The smallest absolute Gasteiger partial charge is 0.343 e. The molecule has 0 saturated heterocycles. The summed E-state index contributed by atoms with van der Waals surface area (Å²) in [5.74, 6) is 1.62. The van der Waals surface area contributed by atoms with Crippen LogP contribution in [0.15, 0.2) is 59.2 Å². The summed E-state index contributed by atoms with van der Waals surface area (Å²) in [6, 6.07) is 15.3. The van der Waals surface area contributed by atoms with Crippen molar-refractivity contribution in [2.75, 3.05) is 6.61 Å². The van der Waals surface area contributed by atoms with E-state index >= 15 is 0 Å².